The van der Waals surface area contributed by atoms with E-state index in [0.717, 1.165) is 17.0 Å². The normalized spacial score (nSPS) is 20.9. The van der Waals surface area contributed by atoms with Crippen LogP contribution in [0, 0.1) is 22.6 Å². The fourth-order valence-electron chi connectivity index (χ4n) is 5.14. The molecule has 2 atom stereocenters. The second kappa shape index (κ2) is 9.62. The number of hydrogen-bond donors (Lipinski definition) is 1. The van der Waals surface area contributed by atoms with Crippen molar-refractivity contribution >= 4 is 40.7 Å². The minimum absolute atomic E-state index is 0.0651. The van der Waals surface area contributed by atoms with Gasteiger partial charge in [0.2, 0.25) is 0 Å². The average molecular weight is 579 g/mol. The lowest BCUT2D eigenvalue weighted by Gasteiger charge is -2.51. The highest BCUT2D eigenvalue weighted by Gasteiger charge is 2.52. The van der Waals surface area contributed by atoms with Crippen LogP contribution in [0.1, 0.15) is 45.7 Å². The molecular formula is C27H26F4N4O4S. The summed E-state index contributed by atoms with van der Waals surface area (Å²) in [6.07, 6.45) is -6.52. The minimum atomic E-state index is -4.84. The van der Waals surface area contributed by atoms with Crippen molar-refractivity contribution in [1.29, 1.82) is 5.26 Å². The molecule has 0 radical (unpaired) electrons. The van der Waals surface area contributed by atoms with Crippen molar-refractivity contribution in [2.24, 2.45) is 5.41 Å². The number of carbonyl (C=O) groups is 2. The molecule has 2 unspecified atom stereocenters. The van der Waals surface area contributed by atoms with Crippen LogP contribution in [0.15, 0.2) is 36.4 Å². The highest BCUT2D eigenvalue weighted by Crippen LogP contribution is 2.41. The number of nitriles is 1. The molecule has 4 rings (SSSR count). The Morgan fingerprint density at radius 1 is 1.15 bits per heavy atom. The van der Waals surface area contributed by atoms with Gasteiger partial charge in [-0.25, -0.2) is 9.18 Å². The standard InChI is InChI=1S/C27H26F4N4O4S/c1-25(2,3)21-20(13-33(21)24(37)38)39-19-9-8-16(11-18(19)28)35-23(40)34(22(36)26(35,4)5)15-7-6-14(12-32)17(10-15)27(29,30)31/h6-11,20-21H,13H2,1-5H3,(H,37,38). The van der Waals surface area contributed by atoms with Crippen LogP contribution in [0.5, 0.6) is 5.75 Å². The average Bonchev–Trinajstić information content (AvgIpc) is 2.98. The van der Waals surface area contributed by atoms with Crippen LogP contribution in [0.4, 0.5) is 33.7 Å². The zero-order valence-electron chi connectivity index (χ0n) is 22.2. The molecule has 2 heterocycles. The number of benzene rings is 2. The second-order valence-corrected chi connectivity index (χ2v) is 11.5. The van der Waals surface area contributed by atoms with Crippen LogP contribution in [-0.4, -0.2) is 51.3 Å². The summed E-state index contributed by atoms with van der Waals surface area (Å²) >= 11 is 5.49. The fraction of sp³-hybridized carbons (Fsp3) is 0.407. The van der Waals surface area contributed by atoms with Crippen LogP contribution in [0.2, 0.25) is 0 Å². The molecule has 0 spiro atoms. The predicted octanol–water partition coefficient (Wildman–Crippen LogP) is 5.79. The van der Waals surface area contributed by atoms with Gasteiger partial charge in [-0.15, -0.1) is 0 Å². The van der Waals surface area contributed by atoms with Gasteiger partial charge < -0.3 is 14.7 Å². The Balaban J connectivity index is 1.64. The molecule has 2 amide bonds. The van der Waals surface area contributed by atoms with Gasteiger partial charge in [0.15, 0.2) is 16.7 Å². The molecule has 2 aliphatic rings. The summed E-state index contributed by atoms with van der Waals surface area (Å²) in [4.78, 5) is 28.4. The Morgan fingerprint density at radius 3 is 2.30 bits per heavy atom. The smallest absolute Gasteiger partial charge is 0.417 e. The molecule has 0 aliphatic carbocycles. The molecule has 2 aliphatic heterocycles. The molecule has 2 fully saturated rings. The molecule has 212 valence electrons. The third kappa shape index (κ3) is 4.81. The van der Waals surface area contributed by atoms with Crippen LogP contribution >= 0.6 is 12.2 Å². The molecule has 40 heavy (non-hydrogen) atoms. The van der Waals surface area contributed by atoms with E-state index in [1.165, 1.54) is 47.9 Å². The van der Waals surface area contributed by atoms with Crippen molar-refractivity contribution < 1.29 is 37.0 Å². The number of hydrogen-bond acceptors (Lipinski definition) is 5. The molecular weight excluding hydrogens is 552 g/mol. The van der Waals surface area contributed by atoms with Crippen LogP contribution in [0.25, 0.3) is 0 Å². The number of halogens is 4. The number of alkyl halides is 3. The number of ether oxygens (including phenoxy) is 1. The number of carboxylic acid groups (broad SMARTS) is 1. The number of nitrogens with zero attached hydrogens (tertiary/aromatic N) is 4. The molecule has 2 saturated heterocycles. The number of anilines is 2. The Bertz CT molecular complexity index is 1450. The van der Waals surface area contributed by atoms with E-state index in [4.69, 9.17) is 22.2 Å². The van der Waals surface area contributed by atoms with Crippen LogP contribution in [-0.2, 0) is 11.0 Å². The maximum absolute atomic E-state index is 15.3. The summed E-state index contributed by atoms with van der Waals surface area (Å²) < 4.78 is 61.8. The van der Waals surface area contributed by atoms with Gasteiger partial charge in [0, 0.05) is 11.8 Å². The lowest BCUT2D eigenvalue weighted by molar-refractivity contribution is -0.137. The lowest BCUT2D eigenvalue weighted by Crippen LogP contribution is -2.68. The van der Waals surface area contributed by atoms with Gasteiger partial charge >= 0.3 is 12.3 Å². The monoisotopic (exact) mass is 578 g/mol. The molecule has 0 saturated carbocycles. The summed E-state index contributed by atoms with van der Waals surface area (Å²) in [6, 6.07) is 7.73. The largest absolute Gasteiger partial charge is 0.483 e. The van der Waals surface area contributed by atoms with E-state index in [1.54, 1.807) is 0 Å². The Hall–Kier alpha value is -3.92. The van der Waals surface area contributed by atoms with E-state index in [0.29, 0.717) is 6.07 Å². The van der Waals surface area contributed by atoms with E-state index >= 15 is 4.39 Å². The maximum Gasteiger partial charge on any atom is 0.417 e. The van der Waals surface area contributed by atoms with Gasteiger partial charge in [-0.1, -0.05) is 20.8 Å². The summed E-state index contributed by atoms with van der Waals surface area (Å²) in [5.41, 5.74) is -3.70. The summed E-state index contributed by atoms with van der Waals surface area (Å²) in [7, 11) is 0. The lowest BCUT2D eigenvalue weighted by atomic mass is 9.77. The third-order valence-electron chi connectivity index (χ3n) is 7.00. The van der Waals surface area contributed by atoms with E-state index in [-0.39, 0.29) is 28.8 Å². The van der Waals surface area contributed by atoms with Gasteiger partial charge in [-0.2, -0.15) is 18.4 Å². The van der Waals surface area contributed by atoms with Gasteiger partial charge in [-0.05, 0) is 61.8 Å². The van der Waals surface area contributed by atoms with Crippen molar-refractivity contribution in [2.45, 2.75) is 58.5 Å². The van der Waals surface area contributed by atoms with Crippen molar-refractivity contribution in [3.05, 3.63) is 53.3 Å². The molecule has 1 N–H and O–H groups in total. The summed E-state index contributed by atoms with van der Waals surface area (Å²) in [5.74, 6) is -1.56. The summed E-state index contributed by atoms with van der Waals surface area (Å²) in [5, 5.41) is 18.3. The number of thiocarbonyl (C=S) groups is 1. The molecule has 0 bridgehead atoms. The van der Waals surface area contributed by atoms with Crippen molar-refractivity contribution in [1.82, 2.24) is 4.90 Å². The Kier molecular flexibility index (Phi) is 6.99. The maximum atomic E-state index is 15.3. The van der Waals surface area contributed by atoms with Gasteiger partial charge in [0.05, 0.1) is 35.5 Å². The van der Waals surface area contributed by atoms with E-state index in [1.807, 2.05) is 20.8 Å². The quantitative estimate of drug-likeness (QED) is 0.363. The topological polar surface area (TPSA) is 97.1 Å². The number of rotatable bonds is 4. The molecule has 13 heteroatoms. The number of amides is 2. The first-order chi connectivity index (χ1) is 18.4. The third-order valence-corrected chi connectivity index (χ3v) is 7.37. The minimum Gasteiger partial charge on any atom is -0.483 e. The van der Waals surface area contributed by atoms with Crippen LogP contribution in [0.3, 0.4) is 0 Å². The van der Waals surface area contributed by atoms with E-state index in [9.17, 15) is 27.9 Å². The van der Waals surface area contributed by atoms with Crippen molar-refractivity contribution in [2.75, 3.05) is 16.3 Å². The van der Waals surface area contributed by atoms with Gasteiger partial charge in [0.1, 0.15) is 11.6 Å². The SMILES string of the molecule is CC(C)(C)C1C(Oc2ccc(N3C(=S)N(c4ccc(C#N)c(C(F)(F)F)c4)C(=O)C3(C)C)cc2F)CN1C(=O)O. The number of likely N-dealkylation sites (tertiary alicyclic amines) is 1. The molecule has 2 aromatic carbocycles. The first kappa shape index (κ1) is 29.1. The molecule has 2 aromatic rings. The first-order valence-electron chi connectivity index (χ1n) is 12.2. The van der Waals surface area contributed by atoms with Crippen molar-refractivity contribution in [3.63, 3.8) is 0 Å². The van der Waals surface area contributed by atoms with E-state index < -0.39 is 58.2 Å². The van der Waals surface area contributed by atoms with Gasteiger partial charge in [-0.3, -0.25) is 14.6 Å². The molecule has 8 nitrogen and oxygen atoms in total. The highest BCUT2D eigenvalue weighted by atomic mass is 32.1. The van der Waals surface area contributed by atoms with Gasteiger partial charge in [0.25, 0.3) is 5.91 Å². The zero-order chi connectivity index (χ0) is 29.9. The molecule has 0 aromatic heterocycles. The predicted molar refractivity (Wildman–Crippen MR) is 142 cm³/mol. The first-order valence-corrected chi connectivity index (χ1v) is 12.6. The highest BCUT2D eigenvalue weighted by molar-refractivity contribution is 7.81. The number of carbonyl (C=O) groups excluding carboxylic acids is 1. The Labute approximate surface area is 233 Å². The zero-order valence-corrected chi connectivity index (χ0v) is 23.0. The van der Waals surface area contributed by atoms with E-state index in [2.05, 4.69) is 0 Å². The fourth-order valence-corrected chi connectivity index (χ4v) is 5.66. The summed E-state index contributed by atoms with van der Waals surface area (Å²) in [6.45, 7) is 8.63. The van der Waals surface area contributed by atoms with Crippen LogP contribution < -0.4 is 14.5 Å². The van der Waals surface area contributed by atoms with Crippen molar-refractivity contribution in [3.8, 4) is 11.8 Å². The Morgan fingerprint density at radius 2 is 1.77 bits per heavy atom. The second-order valence-electron chi connectivity index (χ2n) is 11.2.